The molecule has 1 aromatic carbocycles. The second-order valence-corrected chi connectivity index (χ2v) is 7.40. The van der Waals surface area contributed by atoms with Gasteiger partial charge in [-0.25, -0.2) is 8.42 Å². The predicted molar refractivity (Wildman–Crippen MR) is 93.0 cm³/mol. The summed E-state index contributed by atoms with van der Waals surface area (Å²) in [5, 5.41) is 22.9. The standard InChI is InChI=1S/C15H23N3O6S/c16-11-4-5-12(13(10-11)25(23,24)9-8-19)17-6-7-18-14(20)2-1-3-15(21)22/h4-5,10,17,19H,1-3,6-9,16H2,(H,18,20)(H,21,22). The number of benzene rings is 1. The molecular weight excluding hydrogens is 350 g/mol. The molecule has 0 saturated heterocycles. The molecule has 0 heterocycles. The molecule has 1 rings (SSSR count). The molecule has 9 nitrogen and oxygen atoms in total. The van der Waals surface area contributed by atoms with Gasteiger partial charge in [-0.3, -0.25) is 9.59 Å². The summed E-state index contributed by atoms with van der Waals surface area (Å²) in [5.74, 6) is -1.63. The van der Waals surface area contributed by atoms with Crippen molar-refractivity contribution in [3.8, 4) is 0 Å². The fourth-order valence-corrected chi connectivity index (χ4v) is 3.31. The second-order valence-electron chi connectivity index (χ2n) is 5.32. The second kappa shape index (κ2) is 9.84. The van der Waals surface area contributed by atoms with Crippen molar-refractivity contribution < 1.29 is 28.2 Å². The summed E-state index contributed by atoms with van der Waals surface area (Å²) in [6.45, 7) is 0.0228. The Balaban J connectivity index is 2.55. The van der Waals surface area contributed by atoms with E-state index in [2.05, 4.69) is 10.6 Å². The van der Waals surface area contributed by atoms with Gasteiger partial charge in [0.1, 0.15) is 0 Å². The monoisotopic (exact) mass is 373 g/mol. The number of amides is 1. The molecule has 0 unspecified atom stereocenters. The zero-order valence-corrected chi connectivity index (χ0v) is 14.5. The van der Waals surface area contributed by atoms with E-state index in [1.165, 1.54) is 12.1 Å². The van der Waals surface area contributed by atoms with Gasteiger partial charge in [0.2, 0.25) is 5.91 Å². The number of hydrogen-bond acceptors (Lipinski definition) is 7. The lowest BCUT2D eigenvalue weighted by molar-refractivity contribution is -0.137. The molecule has 0 fully saturated rings. The number of sulfone groups is 1. The van der Waals surface area contributed by atoms with E-state index in [9.17, 15) is 18.0 Å². The molecule has 0 radical (unpaired) electrons. The largest absolute Gasteiger partial charge is 0.481 e. The Morgan fingerprint density at radius 3 is 2.52 bits per heavy atom. The molecule has 1 aromatic rings. The lowest BCUT2D eigenvalue weighted by atomic mass is 10.2. The van der Waals surface area contributed by atoms with Gasteiger partial charge in [0, 0.05) is 31.6 Å². The van der Waals surface area contributed by atoms with Crippen LogP contribution in [0.1, 0.15) is 19.3 Å². The number of carboxylic acid groups (broad SMARTS) is 1. The summed E-state index contributed by atoms with van der Waals surface area (Å²) < 4.78 is 24.3. The third-order valence-corrected chi connectivity index (χ3v) is 4.99. The Morgan fingerprint density at radius 1 is 1.16 bits per heavy atom. The van der Waals surface area contributed by atoms with Crippen LogP contribution >= 0.6 is 0 Å². The first-order chi connectivity index (χ1) is 11.8. The minimum atomic E-state index is -3.67. The molecule has 1 amide bonds. The molecule has 140 valence electrons. The summed E-state index contributed by atoms with van der Waals surface area (Å²) in [6, 6.07) is 4.39. The summed E-state index contributed by atoms with van der Waals surface area (Å²) in [6.07, 6.45) is 0.309. The Labute approximate surface area is 146 Å². The van der Waals surface area contributed by atoms with Crippen molar-refractivity contribution in [2.45, 2.75) is 24.2 Å². The number of aliphatic hydroxyl groups is 1. The molecule has 0 spiro atoms. The number of hydrogen-bond donors (Lipinski definition) is 5. The normalized spacial score (nSPS) is 11.1. The number of aliphatic carboxylic acids is 1. The third kappa shape index (κ3) is 7.40. The van der Waals surface area contributed by atoms with Crippen molar-refractivity contribution >= 4 is 33.1 Å². The molecule has 0 aromatic heterocycles. The van der Waals surface area contributed by atoms with Crippen LogP contribution in [0.25, 0.3) is 0 Å². The third-order valence-electron chi connectivity index (χ3n) is 3.26. The highest BCUT2D eigenvalue weighted by Crippen LogP contribution is 2.24. The van der Waals surface area contributed by atoms with E-state index in [0.29, 0.717) is 5.69 Å². The van der Waals surface area contributed by atoms with Gasteiger partial charge in [0.05, 0.1) is 22.9 Å². The van der Waals surface area contributed by atoms with Crippen molar-refractivity contribution in [1.82, 2.24) is 5.32 Å². The molecule has 25 heavy (non-hydrogen) atoms. The number of nitrogen functional groups attached to an aromatic ring is 1. The first-order valence-electron chi connectivity index (χ1n) is 7.72. The first-order valence-corrected chi connectivity index (χ1v) is 9.37. The SMILES string of the molecule is Nc1ccc(NCCNC(=O)CCCC(=O)O)c(S(=O)(=O)CCO)c1. The summed E-state index contributed by atoms with van der Waals surface area (Å²) in [7, 11) is -3.67. The van der Waals surface area contributed by atoms with Crippen LogP contribution in [0.5, 0.6) is 0 Å². The number of carbonyl (C=O) groups excluding carboxylic acids is 1. The van der Waals surface area contributed by atoms with Crippen molar-refractivity contribution in [1.29, 1.82) is 0 Å². The van der Waals surface area contributed by atoms with Gasteiger partial charge < -0.3 is 26.6 Å². The maximum Gasteiger partial charge on any atom is 0.303 e. The molecule has 0 saturated carbocycles. The fourth-order valence-electron chi connectivity index (χ4n) is 2.06. The average Bonchev–Trinajstić information content (AvgIpc) is 2.52. The van der Waals surface area contributed by atoms with Gasteiger partial charge in [-0.2, -0.15) is 0 Å². The Morgan fingerprint density at radius 2 is 1.88 bits per heavy atom. The molecule has 6 N–H and O–H groups in total. The van der Waals surface area contributed by atoms with E-state index >= 15 is 0 Å². The maximum absolute atomic E-state index is 12.1. The maximum atomic E-state index is 12.1. The topological polar surface area (TPSA) is 159 Å². The zero-order chi connectivity index (χ0) is 18.9. The molecule has 0 aliphatic carbocycles. The van der Waals surface area contributed by atoms with E-state index in [0.717, 1.165) is 0 Å². The zero-order valence-electron chi connectivity index (χ0n) is 13.7. The fraction of sp³-hybridized carbons (Fsp3) is 0.467. The number of aliphatic hydroxyl groups excluding tert-OH is 1. The minimum Gasteiger partial charge on any atom is -0.481 e. The van der Waals surface area contributed by atoms with Crippen LogP contribution in [0.4, 0.5) is 11.4 Å². The quantitative estimate of drug-likeness (QED) is 0.264. The lowest BCUT2D eigenvalue weighted by Gasteiger charge is -2.13. The Hall–Kier alpha value is -2.33. The van der Waals surface area contributed by atoms with Gasteiger partial charge >= 0.3 is 5.97 Å². The number of carbonyl (C=O) groups is 2. The number of anilines is 2. The molecule has 0 bridgehead atoms. The smallest absolute Gasteiger partial charge is 0.303 e. The summed E-state index contributed by atoms with van der Waals surface area (Å²) in [4.78, 5) is 21.9. The number of carboxylic acids is 1. The van der Waals surface area contributed by atoms with Crippen LogP contribution in [-0.2, 0) is 19.4 Å². The Bertz CT molecular complexity index is 705. The molecule has 0 atom stereocenters. The van der Waals surface area contributed by atoms with E-state index in [-0.39, 0.29) is 48.8 Å². The van der Waals surface area contributed by atoms with E-state index in [4.69, 9.17) is 15.9 Å². The predicted octanol–water partition coefficient (Wildman–Crippen LogP) is -0.182. The molecular formula is C15H23N3O6S. The molecule has 10 heteroatoms. The highest BCUT2D eigenvalue weighted by molar-refractivity contribution is 7.91. The number of rotatable bonds is 11. The number of nitrogens with two attached hydrogens (primary N) is 1. The van der Waals surface area contributed by atoms with E-state index < -0.39 is 28.2 Å². The molecule has 0 aliphatic rings. The first kappa shape index (κ1) is 20.7. The average molecular weight is 373 g/mol. The van der Waals surface area contributed by atoms with Crippen molar-refractivity contribution in [3.63, 3.8) is 0 Å². The van der Waals surface area contributed by atoms with Crippen LogP contribution in [0.3, 0.4) is 0 Å². The minimum absolute atomic E-state index is 0.00525. The van der Waals surface area contributed by atoms with Gasteiger partial charge in [-0.15, -0.1) is 0 Å². The van der Waals surface area contributed by atoms with Crippen LogP contribution in [0, 0.1) is 0 Å². The van der Waals surface area contributed by atoms with Crippen LogP contribution in [0.2, 0.25) is 0 Å². The summed E-state index contributed by atoms with van der Waals surface area (Å²) >= 11 is 0. The van der Waals surface area contributed by atoms with Crippen molar-refractivity contribution in [2.24, 2.45) is 0 Å². The Kier molecular flexibility index (Phi) is 8.16. The summed E-state index contributed by atoms with van der Waals surface area (Å²) in [5.41, 5.74) is 6.25. The van der Waals surface area contributed by atoms with Gasteiger partial charge in [-0.1, -0.05) is 0 Å². The van der Waals surface area contributed by atoms with Gasteiger partial charge in [0.15, 0.2) is 9.84 Å². The lowest BCUT2D eigenvalue weighted by Crippen LogP contribution is -2.29. The van der Waals surface area contributed by atoms with Crippen LogP contribution in [0.15, 0.2) is 23.1 Å². The number of nitrogens with one attached hydrogen (secondary N) is 2. The highest BCUT2D eigenvalue weighted by Gasteiger charge is 2.18. The van der Waals surface area contributed by atoms with Gasteiger partial charge in [0.25, 0.3) is 0 Å². The van der Waals surface area contributed by atoms with Crippen molar-refractivity contribution in [2.75, 3.05) is 36.5 Å². The van der Waals surface area contributed by atoms with E-state index in [1.807, 2.05) is 0 Å². The van der Waals surface area contributed by atoms with Crippen molar-refractivity contribution in [3.05, 3.63) is 18.2 Å². The highest BCUT2D eigenvalue weighted by atomic mass is 32.2. The van der Waals surface area contributed by atoms with E-state index in [1.54, 1.807) is 6.07 Å². The van der Waals surface area contributed by atoms with Crippen LogP contribution in [-0.4, -0.2) is 56.0 Å². The molecule has 0 aliphatic heterocycles. The van der Waals surface area contributed by atoms with Crippen LogP contribution < -0.4 is 16.4 Å². The van der Waals surface area contributed by atoms with Gasteiger partial charge in [-0.05, 0) is 24.6 Å².